The fourth-order valence-electron chi connectivity index (χ4n) is 0.823. The molecule has 0 aliphatic heterocycles. The molecule has 0 unspecified atom stereocenters. The van der Waals surface area contributed by atoms with Gasteiger partial charge in [-0.2, -0.15) is 13.2 Å². The van der Waals surface area contributed by atoms with Gasteiger partial charge in [0.15, 0.2) is 0 Å². The molecular weight excluding hydrogens is 275 g/mol. The largest absolute Gasteiger partial charge is 0.491 e. The number of carbonyl (C=O) groups is 2. The van der Waals surface area contributed by atoms with Gasteiger partial charge in [0.2, 0.25) is 0 Å². The van der Waals surface area contributed by atoms with Crippen LogP contribution in [0.25, 0.3) is 6.08 Å². The number of hydrogen-bond donors (Lipinski definition) is 0. The van der Waals surface area contributed by atoms with E-state index in [9.17, 15) is 22.8 Å². The summed E-state index contributed by atoms with van der Waals surface area (Å²) in [4.78, 5) is 24.9. The van der Waals surface area contributed by atoms with E-state index in [4.69, 9.17) is 11.6 Å². The lowest BCUT2D eigenvalue weighted by Crippen LogP contribution is -2.27. The predicted molar refractivity (Wildman–Crippen MR) is 55.4 cm³/mol. The van der Waals surface area contributed by atoms with Crippen LogP contribution < -0.4 is 0 Å². The second kappa shape index (κ2) is 5.63. The van der Waals surface area contributed by atoms with Gasteiger partial charge in [-0.05, 0) is 18.2 Å². The second-order valence-electron chi connectivity index (χ2n) is 2.94. The molecule has 1 aromatic rings. The SMILES string of the molecule is O=C(/C=C/c1ccc(Cl)cn1)OC(=O)C(F)(F)F. The molecule has 0 aliphatic carbocycles. The van der Waals surface area contributed by atoms with Crippen LogP contribution in [0.1, 0.15) is 5.69 Å². The van der Waals surface area contributed by atoms with E-state index in [1.165, 1.54) is 18.3 Å². The third kappa shape index (κ3) is 4.54. The molecule has 0 N–H and O–H groups in total. The van der Waals surface area contributed by atoms with Crippen LogP contribution in [0.4, 0.5) is 13.2 Å². The summed E-state index contributed by atoms with van der Waals surface area (Å²) in [6.45, 7) is 0. The van der Waals surface area contributed by atoms with Crippen molar-refractivity contribution >= 4 is 29.6 Å². The highest BCUT2D eigenvalue weighted by Gasteiger charge is 2.42. The molecule has 8 heteroatoms. The van der Waals surface area contributed by atoms with Crippen LogP contribution in [-0.4, -0.2) is 23.1 Å². The van der Waals surface area contributed by atoms with Gasteiger partial charge in [0, 0.05) is 12.3 Å². The Morgan fingerprint density at radius 2 is 2.00 bits per heavy atom. The Kier molecular flexibility index (Phi) is 4.43. The average molecular weight is 280 g/mol. The number of halogens is 4. The van der Waals surface area contributed by atoms with Crippen LogP contribution in [0, 0.1) is 0 Å². The third-order valence-corrected chi connectivity index (χ3v) is 1.79. The molecule has 1 aromatic heterocycles. The number of ether oxygens (including phenoxy) is 1. The van der Waals surface area contributed by atoms with E-state index >= 15 is 0 Å². The maximum absolute atomic E-state index is 11.7. The second-order valence-corrected chi connectivity index (χ2v) is 3.38. The number of esters is 2. The van der Waals surface area contributed by atoms with E-state index in [1.807, 2.05) is 0 Å². The Morgan fingerprint density at radius 1 is 1.33 bits per heavy atom. The molecule has 18 heavy (non-hydrogen) atoms. The van der Waals surface area contributed by atoms with E-state index in [0.29, 0.717) is 11.1 Å². The lowest BCUT2D eigenvalue weighted by atomic mass is 10.3. The van der Waals surface area contributed by atoms with Gasteiger partial charge in [0.25, 0.3) is 0 Å². The Labute approximate surface area is 104 Å². The first-order valence-corrected chi connectivity index (χ1v) is 4.79. The fourth-order valence-corrected chi connectivity index (χ4v) is 0.934. The van der Waals surface area contributed by atoms with Crippen LogP contribution in [0.15, 0.2) is 24.4 Å². The molecule has 0 spiro atoms. The molecule has 0 aromatic carbocycles. The lowest BCUT2D eigenvalue weighted by Gasteiger charge is -2.02. The molecular formula is C10H5ClF3NO3. The van der Waals surface area contributed by atoms with Crippen molar-refractivity contribution in [1.29, 1.82) is 0 Å². The summed E-state index contributed by atoms with van der Waals surface area (Å²) in [6.07, 6.45) is -2.18. The Bertz CT molecular complexity index is 482. The van der Waals surface area contributed by atoms with Crippen molar-refractivity contribution < 1.29 is 27.5 Å². The van der Waals surface area contributed by atoms with E-state index in [0.717, 1.165) is 6.08 Å². The Hall–Kier alpha value is -1.89. The van der Waals surface area contributed by atoms with Gasteiger partial charge in [0.05, 0.1) is 10.7 Å². The molecule has 1 heterocycles. The zero-order valence-corrected chi connectivity index (χ0v) is 9.33. The summed E-state index contributed by atoms with van der Waals surface area (Å²) in [5, 5.41) is 0.363. The van der Waals surface area contributed by atoms with Gasteiger partial charge < -0.3 is 4.74 Å². The number of carbonyl (C=O) groups excluding carboxylic acids is 2. The van der Waals surface area contributed by atoms with Gasteiger partial charge in [-0.3, -0.25) is 4.98 Å². The van der Waals surface area contributed by atoms with Gasteiger partial charge in [-0.25, -0.2) is 9.59 Å². The summed E-state index contributed by atoms with van der Waals surface area (Å²) in [7, 11) is 0. The van der Waals surface area contributed by atoms with Crippen molar-refractivity contribution in [2.24, 2.45) is 0 Å². The quantitative estimate of drug-likeness (QED) is 0.474. The maximum atomic E-state index is 11.7. The Morgan fingerprint density at radius 3 is 2.50 bits per heavy atom. The highest BCUT2D eigenvalue weighted by atomic mass is 35.5. The number of alkyl halides is 3. The highest BCUT2D eigenvalue weighted by Crippen LogP contribution is 2.16. The number of pyridine rings is 1. The summed E-state index contributed by atoms with van der Waals surface area (Å²) >= 11 is 5.55. The van der Waals surface area contributed by atoms with Gasteiger partial charge >= 0.3 is 18.1 Å². The number of aromatic nitrogens is 1. The number of rotatable bonds is 2. The van der Waals surface area contributed by atoms with Crippen LogP contribution in [-0.2, 0) is 14.3 Å². The molecule has 0 saturated heterocycles. The molecule has 0 atom stereocenters. The minimum Gasteiger partial charge on any atom is -0.383 e. The predicted octanol–water partition coefficient (Wildman–Crippen LogP) is 2.38. The minimum absolute atomic E-state index is 0.274. The van der Waals surface area contributed by atoms with E-state index in [-0.39, 0.29) is 5.69 Å². The minimum atomic E-state index is -5.21. The summed E-state index contributed by atoms with van der Waals surface area (Å²) < 4.78 is 38.7. The summed E-state index contributed by atoms with van der Waals surface area (Å²) in [5.74, 6) is -4.00. The third-order valence-electron chi connectivity index (χ3n) is 1.57. The highest BCUT2D eigenvalue weighted by molar-refractivity contribution is 6.30. The first kappa shape index (κ1) is 14.2. The topological polar surface area (TPSA) is 56.3 Å². The Balaban J connectivity index is 2.60. The van der Waals surface area contributed by atoms with Crippen molar-refractivity contribution in [2.45, 2.75) is 6.18 Å². The fraction of sp³-hybridized carbons (Fsp3) is 0.100. The molecule has 96 valence electrons. The summed E-state index contributed by atoms with van der Waals surface area (Å²) in [6, 6.07) is 2.90. The van der Waals surface area contributed by atoms with Crippen LogP contribution >= 0.6 is 11.6 Å². The molecule has 0 aliphatic rings. The lowest BCUT2D eigenvalue weighted by molar-refractivity contribution is -0.200. The standard InChI is InChI=1S/C10H5ClF3NO3/c11-6-1-2-7(15-5-6)3-4-8(16)18-9(17)10(12,13)14/h1-5H/b4-3+. The number of nitrogens with zero attached hydrogens (tertiary/aromatic N) is 1. The zero-order valence-electron chi connectivity index (χ0n) is 8.57. The van der Waals surface area contributed by atoms with Gasteiger partial charge in [-0.15, -0.1) is 0 Å². The van der Waals surface area contributed by atoms with Crippen molar-refractivity contribution in [3.63, 3.8) is 0 Å². The summed E-state index contributed by atoms with van der Waals surface area (Å²) in [5.41, 5.74) is 0.274. The first-order valence-electron chi connectivity index (χ1n) is 4.41. The van der Waals surface area contributed by atoms with E-state index in [1.54, 1.807) is 0 Å². The molecule has 1 rings (SSSR count). The molecule has 0 saturated carbocycles. The first-order chi connectivity index (χ1) is 8.29. The normalized spacial score (nSPS) is 11.6. The van der Waals surface area contributed by atoms with Gasteiger partial charge in [0.1, 0.15) is 0 Å². The van der Waals surface area contributed by atoms with Crippen molar-refractivity contribution in [3.05, 3.63) is 35.1 Å². The zero-order chi connectivity index (χ0) is 13.8. The number of hydrogen-bond acceptors (Lipinski definition) is 4. The molecule has 0 radical (unpaired) electrons. The molecule has 0 amide bonds. The smallest absolute Gasteiger partial charge is 0.383 e. The van der Waals surface area contributed by atoms with Crippen LogP contribution in [0.5, 0.6) is 0 Å². The van der Waals surface area contributed by atoms with E-state index < -0.39 is 18.1 Å². The van der Waals surface area contributed by atoms with Crippen LogP contribution in [0.3, 0.4) is 0 Å². The van der Waals surface area contributed by atoms with Crippen molar-refractivity contribution in [2.75, 3.05) is 0 Å². The molecule has 4 nitrogen and oxygen atoms in total. The van der Waals surface area contributed by atoms with Crippen molar-refractivity contribution in [1.82, 2.24) is 4.98 Å². The van der Waals surface area contributed by atoms with Gasteiger partial charge in [-0.1, -0.05) is 11.6 Å². The maximum Gasteiger partial charge on any atom is 0.491 e. The molecule has 0 fully saturated rings. The van der Waals surface area contributed by atoms with E-state index in [2.05, 4.69) is 9.72 Å². The van der Waals surface area contributed by atoms with Crippen molar-refractivity contribution in [3.8, 4) is 0 Å². The van der Waals surface area contributed by atoms with Crippen LogP contribution in [0.2, 0.25) is 5.02 Å². The monoisotopic (exact) mass is 279 g/mol. The average Bonchev–Trinajstić information content (AvgIpc) is 2.27. The molecule has 0 bridgehead atoms.